The van der Waals surface area contributed by atoms with Crippen LogP contribution in [-0.4, -0.2) is 31.8 Å². The van der Waals surface area contributed by atoms with E-state index in [1.54, 1.807) is 0 Å². The minimum Gasteiger partial charge on any atom is -0.378 e. The molecule has 0 amide bonds. The van der Waals surface area contributed by atoms with E-state index in [1.807, 2.05) is 0 Å². The van der Waals surface area contributed by atoms with Crippen LogP contribution in [0.1, 0.15) is 11.5 Å². The van der Waals surface area contributed by atoms with Gasteiger partial charge in [0.15, 0.2) is 9.84 Å². The number of H-pyrrole nitrogens is 1. The molecule has 0 aliphatic rings. The van der Waals surface area contributed by atoms with Crippen molar-refractivity contribution in [3.05, 3.63) is 26.3 Å². The van der Waals surface area contributed by atoms with Crippen LogP contribution >= 0.6 is 15.9 Å². The summed E-state index contributed by atoms with van der Waals surface area (Å²) in [7, 11) is -1.76. The predicted octanol–water partition coefficient (Wildman–Crippen LogP) is 0.223. The monoisotopic (exact) mass is 310 g/mol. The normalized spacial score (nSPS) is 11.7. The van der Waals surface area contributed by atoms with Gasteiger partial charge in [-0.05, 0) is 15.9 Å². The van der Waals surface area contributed by atoms with E-state index >= 15 is 0 Å². The van der Waals surface area contributed by atoms with Crippen molar-refractivity contribution in [3.8, 4) is 0 Å². The number of sulfone groups is 1. The van der Waals surface area contributed by atoms with Crippen molar-refractivity contribution in [2.24, 2.45) is 0 Å². The number of hydrogen-bond acceptors (Lipinski definition) is 5. The first-order valence-corrected chi connectivity index (χ1v) is 7.13. The second-order valence-corrected chi connectivity index (χ2v) is 6.21. The van der Waals surface area contributed by atoms with Gasteiger partial charge in [-0.15, -0.1) is 0 Å². The Bertz CT molecular complexity index is 537. The fourth-order valence-corrected chi connectivity index (χ4v) is 2.04. The lowest BCUT2D eigenvalue weighted by molar-refractivity contribution is 0.180. The van der Waals surface area contributed by atoms with Gasteiger partial charge in [0.1, 0.15) is 16.0 Å². The van der Waals surface area contributed by atoms with Crippen LogP contribution in [0.25, 0.3) is 0 Å². The van der Waals surface area contributed by atoms with Crippen molar-refractivity contribution in [1.29, 1.82) is 0 Å². The fraction of sp³-hybridized carbons (Fsp3) is 0.500. The summed E-state index contributed by atoms with van der Waals surface area (Å²) in [5.74, 6) is -0.186. The number of aromatic nitrogens is 2. The minimum atomic E-state index is -3.23. The molecule has 0 saturated carbocycles. The average molecular weight is 311 g/mol. The Labute approximate surface area is 101 Å². The van der Waals surface area contributed by atoms with Crippen LogP contribution in [0, 0.1) is 0 Å². The Balaban J connectivity index is 3.19. The average Bonchev–Trinajstić information content (AvgIpc) is 2.11. The molecule has 0 aliphatic heterocycles. The lowest BCUT2D eigenvalue weighted by atomic mass is 10.4. The van der Waals surface area contributed by atoms with E-state index in [9.17, 15) is 13.2 Å². The van der Waals surface area contributed by atoms with Crippen LogP contribution in [0.4, 0.5) is 0 Å². The van der Waals surface area contributed by atoms with Gasteiger partial charge < -0.3 is 9.72 Å². The standard InChI is InChI=1S/C8H11BrN2O4S/c1-15-3-5-7(9)8(12)11-6(10-5)4-16(2,13)14/h3-4H2,1-2H3,(H,10,11,12). The summed E-state index contributed by atoms with van der Waals surface area (Å²) in [4.78, 5) is 17.8. The number of hydrogen-bond donors (Lipinski definition) is 1. The molecule has 0 saturated heterocycles. The fourth-order valence-electron chi connectivity index (χ4n) is 1.11. The molecule has 0 aromatic carbocycles. The molecule has 1 heterocycles. The molecule has 0 bridgehead atoms. The molecule has 1 rings (SSSR count). The number of nitrogens with one attached hydrogen (secondary N) is 1. The molecule has 8 heteroatoms. The molecule has 0 aliphatic carbocycles. The number of methoxy groups -OCH3 is 1. The Morgan fingerprint density at radius 1 is 1.50 bits per heavy atom. The van der Waals surface area contributed by atoms with Gasteiger partial charge in [-0.1, -0.05) is 0 Å². The highest BCUT2D eigenvalue weighted by atomic mass is 79.9. The summed E-state index contributed by atoms with van der Waals surface area (Å²) in [5.41, 5.74) is -0.0365. The zero-order valence-corrected chi connectivity index (χ0v) is 11.2. The van der Waals surface area contributed by atoms with Gasteiger partial charge in [0, 0.05) is 13.4 Å². The number of halogens is 1. The van der Waals surface area contributed by atoms with Crippen molar-refractivity contribution < 1.29 is 13.2 Å². The first-order chi connectivity index (χ1) is 7.33. The van der Waals surface area contributed by atoms with E-state index in [1.165, 1.54) is 7.11 Å². The molecule has 90 valence electrons. The maximum absolute atomic E-state index is 11.4. The molecule has 0 fully saturated rings. The van der Waals surface area contributed by atoms with Crippen molar-refractivity contribution in [1.82, 2.24) is 9.97 Å². The van der Waals surface area contributed by atoms with Crippen LogP contribution < -0.4 is 5.56 Å². The molecule has 6 nitrogen and oxygen atoms in total. The van der Waals surface area contributed by atoms with Gasteiger partial charge in [0.05, 0.1) is 12.3 Å². The van der Waals surface area contributed by atoms with Crippen LogP contribution in [0.15, 0.2) is 9.27 Å². The lowest BCUT2D eigenvalue weighted by Crippen LogP contribution is -2.18. The van der Waals surface area contributed by atoms with Gasteiger partial charge >= 0.3 is 0 Å². The first kappa shape index (κ1) is 13.3. The van der Waals surface area contributed by atoms with Crippen molar-refractivity contribution in [3.63, 3.8) is 0 Å². The summed E-state index contributed by atoms with van der Waals surface area (Å²) in [6, 6.07) is 0. The van der Waals surface area contributed by atoms with Gasteiger partial charge in [-0.2, -0.15) is 0 Å². The number of rotatable bonds is 4. The Morgan fingerprint density at radius 2 is 2.12 bits per heavy atom. The third-order valence-electron chi connectivity index (χ3n) is 1.66. The summed E-state index contributed by atoms with van der Waals surface area (Å²) in [6.07, 6.45) is 1.07. The summed E-state index contributed by atoms with van der Waals surface area (Å²) in [5, 5.41) is 0. The van der Waals surface area contributed by atoms with Crippen LogP contribution in [0.3, 0.4) is 0 Å². The number of ether oxygens (including phenoxy) is 1. The maximum atomic E-state index is 11.4. The lowest BCUT2D eigenvalue weighted by Gasteiger charge is -2.04. The van der Waals surface area contributed by atoms with E-state index in [-0.39, 0.29) is 22.7 Å². The van der Waals surface area contributed by atoms with Gasteiger partial charge in [-0.3, -0.25) is 4.79 Å². The molecule has 1 N–H and O–H groups in total. The Kier molecular flexibility index (Phi) is 4.22. The zero-order valence-electron chi connectivity index (χ0n) is 8.78. The van der Waals surface area contributed by atoms with Crippen LogP contribution in [-0.2, 0) is 26.9 Å². The third-order valence-corrected chi connectivity index (χ3v) is 3.28. The van der Waals surface area contributed by atoms with E-state index in [4.69, 9.17) is 4.74 Å². The van der Waals surface area contributed by atoms with Crippen molar-refractivity contribution >= 4 is 25.8 Å². The predicted molar refractivity (Wildman–Crippen MR) is 61.8 cm³/mol. The molecule has 0 atom stereocenters. The largest absolute Gasteiger partial charge is 0.378 e. The Hall–Kier alpha value is -0.730. The first-order valence-electron chi connectivity index (χ1n) is 4.27. The third kappa shape index (κ3) is 3.69. The number of aromatic amines is 1. The van der Waals surface area contributed by atoms with Gasteiger partial charge in [0.2, 0.25) is 0 Å². The quantitative estimate of drug-likeness (QED) is 0.859. The SMILES string of the molecule is COCc1nc(CS(C)(=O)=O)[nH]c(=O)c1Br. The summed E-state index contributed by atoms with van der Waals surface area (Å²) < 4.78 is 27.2. The zero-order chi connectivity index (χ0) is 12.3. The van der Waals surface area contributed by atoms with E-state index < -0.39 is 15.4 Å². The maximum Gasteiger partial charge on any atom is 0.265 e. The molecular weight excluding hydrogens is 300 g/mol. The molecular formula is C8H11BrN2O4S. The molecule has 16 heavy (non-hydrogen) atoms. The van der Waals surface area contributed by atoms with Gasteiger partial charge in [-0.25, -0.2) is 13.4 Å². The van der Waals surface area contributed by atoms with Gasteiger partial charge in [0.25, 0.3) is 5.56 Å². The molecule has 0 radical (unpaired) electrons. The van der Waals surface area contributed by atoms with Crippen LogP contribution in [0.2, 0.25) is 0 Å². The summed E-state index contributed by atoms with van der Waals surface area (Å²) >= 11 is 3.06. The molecule has 0 spiro atoms. The highest BCUT2D eigenvalue weighted by Crippen LogP contribution is 2.10. The second-order valence-electron chi connectivity index (χ2n) is 3.28. The second kappa shape index (κ2) is 5.07. The minimum absolute atomic E-state index is 0.114. The molecule has 0 unspecified atom stereocenters. The summed E-state index contributed by atoms with van der Waals surface area (Å²) in [6.45, 7) is 0.140. The Morgan fingerprint density at radius 3 is 2.62 bits per heavy atom. The van der Waals surface area contributed by atoms with E-state index in [0.717, 1.165) is 6.26 Å². The van der Waals surface area contributed by atoms with Crippen molar-refractivity contribution in [2.75, 3.05) is 13.4 Å². The highest BCUT2D eigenvalue weighted by molar-refractivity contribution is 9.10. The van der Waals surface area contributed by atoms with Crippen LogP contribution in [0.5, 0.6) is 0 Å². The number of nitrogens with zero attached hydrogens (tertiary/aromatic N) is 1. The smallest absolute Gasteiger partial charge is 0.265 e. The highest BCUT2D eigenvalue weighted by Gasteiger charge is 2.12. The van der Waals surface area contributed by atoms with E-state index in [2.05, 4.69) is 25.9 Å². The molecule has 1 aromatic rings. The topological polar surface area (TPSA) is 89.1 Å². The van der Waals surface area contributed by atoms with Crippen molar-refractivity contribution in [2.45, 2.75) is 12.4 Å². The van der Waals surface area contributed by atoms with E-state index in [0.29, 0.717) is 5.69 Å². The molecule has 1 aromatic heterocycles.